The molecule has 136 valence electrons. The van der Waals surface area contributed by atoms with Crippen LogP contribution in [0.3, 0.4) is 0 Å². The molecular formula is C21H23NO4. The number of piperidine rings is 1. The normalized spacial score (nSPS) is 28.2. The van der Waals surface area contributed by atoms with Crippen LogP contribution in [0.15, 0.2) is 42.0 Å². The third kappa shape index (κ3) is 2.86. The zero-order chi connectivity index (χ0) is 18.3. The van der Waals surface area contributed by atoms with Crippen molar-refractivity contribution in [2.24, 2.45) is 0 Å². The van der Waals surface area contributed by atoms with Crippen LogP contribution in [0, 0.1) is 0 Å². The Morgan fingerprint density at radius 1 is 1.19 bits per heavy atom. The van der Waals surface area contributed by atoms with Gasteiger partial charge >= 0.3 is 11.9 Å². The van der Waals surface area contributed by atoms with Crippen LogP contribution in [0.5, 0.6) is 0 Å². The minimum absolute atomic E-state index is 0.169. The van der Waals surface area contributed by atoms with Gasteiger partial charge in [0.25, 0.3) is 0 Å². The van der Waals surface area contributed by atoms with Gasteiger partial charge in [-0.3, -0.25) is 4.90 Å². The Morgan fingerprint density at radius 3 is 2.69 bits per heavy atom. The Bertz CT molecular complexity index is 793. The Hall–Kier alpha value is -2.40. The highest BCUT2D eigenvalue weighted by Crippen LogP contribution is 2.38. The fraction of sp³-hybridized carbons (Fsp3) is 0.429. The summed E-state index contributed by atoms with van der Waals surface area (Å²) in [6, 6.07) is 7.93. The van der Waals surface area contributed by atoms with Crippen molar-refractivity contribution < 1.29 is 19.1 Å². The van der Waals surface area contributed by atoms with Gasteiger partial charge in [0.2, 0.25) is 0 Å². The Kier molecular flexibility index (Phi) is 4.41. The van der Waals surface area contributed by atoms with Crippen LogP contribution in [0.1, 0.15) is 42.1 Å². The van der Waals surface area contributed by atoms with Crippen LogP contribution in [-0.4, -0.2) is 48.7 Å². The Labute approximate surface area is 153 Å². The number of hydrogen-bond donors (Lipinski definition) is 0. The first-order chi connectivity index (χ1) is 12.6. The quantitative estimate of drug-likeness (QED) is 0.765. The highest BCUT2D eigenvalue weighted by molar-refractivity contribution is 5.90. The smallest absolute Gasteiger partial charge is 0.337 e. The molecule has 3 aliphatic rings. The highest BCUT2D eigenvalue weighted by atomic mass is 16.5. The number of carbonyl (C=O) groups excluding carboxylic acids is 2. The zero-order valence-electron chi connectivity index (χ0n) is 15.1. The minimum Gasteiger partial charge on any atom is -0.465 e. The second kappa shape index (κ2) is 6.72. The molecular weight excluding hydrogens is 330 g/mol. The molecule has 1 aromatic rings. The molecule has 0 amide bonds. The molecule has 3 heterocycles. The molecule has 5 nitrogen and oxygen atoms in total. The molecule has 1 fully saturated rings. The van der Waals surface area contributed by atoms with Crippen LogP contribution in [0.25, 0.3) is 5.57 Å². The lowest BCUT2D eigenvalue weighted by molar-refractivity contribution is -0.142. The van der Waals surface area contributed by atoms with Crippen molar-refractivity contribution in [3.05, 3.63) is 53.1 Å². The fourth-order valence-corrected chi connectivity index (χ4v) is 4.38. The molecule has 26 heavy (non-hydrogen) atoms. The van der Waals surface area contributed by atoms with Crippen LogP contribution in [0.4, 0.5) is 0 Å². The van der Waals surface area contributed by atoms with E-state index in [1.165, 1.54) is 13.5 Å². The first kappa shape index (κ1) is 17.0. The standard InChI is InChI=1S/C21H23NO4/c1-13-17(14-6-8-15(9-7-14)21(24)25-2)11-16-12-19(23)26-20(16)18-5-3-4-10-22(13)18/h6-9,11-13,18,20H,3-5,10H2,1-2H3/t13-,18?,20?/m0/s1. The topological polar surface area (TPSA) is 55.8 Å². The van der Waals surface area contributed by atoms with E-state index in [2.05, 4.69) is 17.9 Å². The van der Waals surface area contributed by atoms with Crippen molar-refractivity contribution in [3.63, 3.8) is 0 Å². The van der Waals surface area contributed by atoms with Crippen LogP contribution < -0.4 is 0 Å². The van der Waals surface area contributed by atoms with Gasteiger partial charge in [0, 0.05) is 17.7 Å². The molecule has 0 spiro atoms. The number of nitrogens with zero attached hydrogens (tertiary/aromatic N) is 1. The van der Waals surface area contributed by atoms with Crippen LogP contribution >= 0.6 is 0 Å². The van der Waals surface area contributed by atoms with Crippen molar-refractivity contribution in [3.8, 4) is 0 Å². The number of esters is 2. The molecule has 0 aromatic heterocycles. The van der Waals surface area contributed by atoms with E-state index < -0.39 is 0 Å². The summed E-state index contributed by atoms with van der Waals surface area (Å²) < 4.78 is 10.4. The molecule has 0 bridgehead atoms. The van der Waals surface area contributed by atoms with E-state index in [1.54, 1.807) is 18.2 Å². The van der Waals surface area contributed by atoms with Gasteiger partial charge in [0.15, 0.2) is 0 Å². The average molecular weight is 353 g/mol. The van der Waals surface area contributed by atoms with E-state index in [9.17, 15) is 9.59 Å². The van der Waals surface area contributed by atoms with E-state index in [4.69, 9.17) is 9.47 Å². The predicted octanol–water partition coefficient (Wildman–Crippen LogP) is 2.97. The van der Waals surface area contributed by atoms with Gasteiger partial charge in [-0.05, 0) is 55.7 Å². The van der Waals surface area contributed by atoms with Crippen molar-refractivity contribution in [1.29, 1.82) is 0 Å². The Balaban J connectivity index is 1.74. The molecule has 3 atom stereocenters. The maximum absolute atomic E-state index is 11.9. The molecule has 4 rings (SSSR count). The number of benzene rings is 1. The minimum atomic E-state index is -0.340. The molecule has 1 saturated heterocycles. The number of rotatable bonds is 2. The first-order valence-electron chi connectivity index (χ1n) is 9.17. The summed E-state index contributed by atoms with van der Waals surface area (Å²) in [6.45, 7) is 3.21. The van der Waals surface area contributed by atoms with Gasteiger partial charge in [-0.15, -0.1) is 0 Å². The molecule has 0 aliphatic carbocycles. The maximum Gasteiger partial charge on any atom is 0.337 e. The maximum atomic E-state index is 11.9. The van der Waals surface area contributed by atoms with E-state index in [1.807, 2.05) is 12.1 Å². The van der Waals surface area contributed by atoms with Gasteiger partial charge in [-0.1, -0.05) is 18.6 Å². The average Bonchev–Trinajstić information content (AvgIpc) is 3.00. The molecule has 3 aliphatic heterocycles. The molecule has 2 unspecified atom stereocenters. The van der Waals surface area contributed by atoms with Gasteiger partial charge in [-0.25, -0.2) is 9.59 Å². The van der Waals surface area contributed by atoms with E-state index >= 15 is 0 Å². The third-order valence-corrected chi connectivity index (χ3v) is 5.71. The summed E-state index contributed by atoms with van der Waals surface area (Å²) in [7, 11) is 1.38. The summed E-state index contributed by atoms with van der Waals surface area (Å²) in [5.41, 5.74) is 3.70. The largest absolute Gasteiger partial charge is 0.465 e. The summed E-state index contributed by atoms with van der Waals surface area (Å²) in [4.78, 5) is 26.0. The lowest BCUT2D eigenvalue weighted by Gasteiger charge is -2.41. The predicted molar refractivity (Wildman–Crippen MR) is 97.5 cm³/mol. The monoisotopic (exact) mass is 353 g/mol. The van der Waals surface area contributed by atoms with Gasteiger partial charge in [-0.2, -0.15) is 0 Å². The lowest BCUT2D eigenvalue weighted by atomic mass is 9.93. The van der Waals surface area contributed by atoms with Gasteiger partial charge in [0.1, 0.15) is 6.10 Å². The van der Waals surface area contributed by atoms with Crippen LogP contribution in [0.2, 0.25) is 0 Å². The van der Waals surface area contributed by atoms with Crippen LogP contribution in [-0.2, 0) is 14.3 Å². The lowest BCUT2D eigenvalue weighted by Crippen LogP contribution is -2.50. The van der Waals surface area contributed by atoms with Crippen molar-refractivity contribution in [1.82, 2.24) is 4.90 Å². The van der Waals surface area contributed by atoms with Crippen molar-refractivity contribution in [2.45, 2.75) is 44.4 Å². The van der Waals surface area contributed by atoms with Gasteiger partial charge < -0.3 is 9.47 Å². The second-order valence-electron chi connectivity index (χ2n) is 7.15. The number of methoxy groups -OCH3 is 1. The Morgan fingerprint density at radius 2 is 1.96 bits per heavy atom. The molecule has 0 radical (unpaired) electrons. The summed E-state index contributed by atoms with van der Waals surface area (Å²) in [5.74, 6) is -0.588. The third-order valence-electron chi connectivity index (χ3n) is 5.71. The van der Waals surface area contributed by atoms with E-state index in [0.29, 0.717) is 5.56 Å². The SMILES string of the molecule is COC(=O)c1ccc(C2=CC3=CC(=O)OC3C3CCCCN3[C@H]2C)cc1. The van der Waals surface area contributed by atoms with Gasteiger partial charge in [0.05, 0.1) is 18.7 Å². The number of carbonyl (C=O) groups is 2. The second-order valence-corrected chi connectivity index (χ2v) is 7.15. The van der Waals surface area contributed by atoms with Crippen molar-refractivity contribution >= 4 is 17.5 Å². The highest BCUT2D eigenvalue weighted by Gasteiger charge is 2.42. The molecule has 0 N–H and O–H groups in total. The summed E-state index contributed by atoms with van der Waals surface area (Å²) in [6.07, 6.45) is 6.93. The summed E-state index contributed by atoms with van der Waals surface area (Å²) in [5, 5.41) is 0. The summed E-state index contributed by atoms with van der Waals surface area (Å²) >= 11 is 0. The van der Waals surface area contributed by atoms with E-state index in [-0.39, 0.29) is 30.1 Å². The zero-order valence-corrected chi connectivity index (χ0v) is 15.1. The molecule has 1 aromatic carbocycles. The van der Waals surface area contributed by atoms with Crippen molar-refractivity contribution in [2.75, 3.05) is 13.7 Å². The fourth-order valence-electron chi connectivity index (χ4n) is 4.38. The first-order valence-corrected chi connectivity index (χ1v) is 9.17. The number of hydrogen-bond acceptors (Lipinski definition) is 5. The molecule has 5 heteroatoms. The number of fused-ring (bicyclic) bond motifs is 3. The number of ether oxygens (including phenoxy) is 2. The molecule has 0 saturated carbocycles. The van der Waals surface area contributed by atoms with E-state index in [0.717, 1.165) is 36.1 Å².